The highest BCUT2D eigenvalue weighted by Crippen LogP contribution is 2.47. The van der Waals surface area contributed by atoms with Gasteiger partial charge in [-0.3, -0.25) is 0 Å². The van der Waals surface area contributed by atoms with E-state index in [2.05, 4.69) is 36.4 Å². The molecule has 2 heterocycles. The Morgan fingerprint density at radius 3 is 1.47 bits per heavy atom. The Kier molecular flexibility index (Phi) is 9.29. The van der Waals surface area contributed by atoms with Crippen LogP contribution in [0, 0.1) is 0 Å². The lowest BCUT2D eigenvalue weighted by molar-refractivity contribution is 0.235. The minimum Gasteiger partial charge on any atom is -0.140 e. The molecule has 4 aromatic rings. The molecule has 6 nitrogen and oxygen atoms in total. The first-order valence-corrected chi connectivity index (χ1v) is 14.9. The number of benzene rings is 2. The van der Waals surface area contributed by atoms with E-state index in [0.29, 0.717) is 39.3 Å². The summed E-state index contributed by atoms with van der Waals surface area (Å²) in [5.74, 6) is 0. The number of thiophene rings is 2. The van der Waals surface area contributed by atoms with E-state index in [-0.39, 0.29) is 0 Å². The molecular weight excluding hydrogens is 510 g/mol. The van der Waals surface area contributed by atoms with Crippen LogP contribution in [0.4, 0.5) is 0 Å². The first kappa shape index (κ1) is 25.5. The maximum atomic E-state index is 11.8. The van der Waals surface area contributed by atoms with Crippen molar-refractivity contribution in [3.63, 3.8) is 0 Å². The van der Waals surface area contributed by atoms with Crippen molar-refractivity contribution >= 4 is 59.4 Å². The maximum Gasteiger partial charge on any atom is 0.697 e. The standard InChI is InChI=1S/C24H26O6P2S2/c1-3-27-31(25)29-15-13-21-23(17-9-5-7-11-19(17)33-21)24-18-10-6-8-12-20(18)34-22(24)14-16-30-32(26)28-4-2/h5-12H,3-4,13-16H2,1-2H3/q+2. The van der Waals surface area contributed by atoms with Gasteiger partial charge in [-0.05, 0) is 26.0 Å². The summed E-state index contributed by atoms with van der Waals surface area (Å²) in [6.45, 7) is 4.90. The van der Waals surface area contributed by atoms with Gasteiger partial charge in [-0.15, -0.1) is 40.8 Å². The second-order valence-electron chi connectivity index (χ2n) is 7.24. The predicted octanol–water partition coefficient (Wildman–Crippen LogP) is 8.29. The van der Waals surface area contributed by atoms with Crippen LogP contribution in [-0.2, 0) is 40.1 Å². The van der Waals surface area contributed by atoms with Crippen LogP contribution in [0.2, 0.25) is 0 Å². The van der Waals surface area contributed by atoms with Gasteiger partial charge in [0, 0.05) is 63.0 Å². The van der Waals surface area contributed by atoms with Gasteiger partial charge in [0.2, 0.25) is 0 Å². The fourth-order valence-corrected chi connectivity index (χ4v) is 7.24. The first-order valence-electron chi connectivity index (χ1n) is 11.1. The Morgan fingerprint density at radius 2 is 1.06 bits per heavy atom. The summed E-state index contributed by atoms with van der Waals surface area (Å²) in [4.78, 5) is 2.35. The normalized spacial score (nSPS) is 12.5. The molecule has 0 fully saturated rings. The number of hydrogen-bond acceptors (Lipinski definition) is 8. The van der Waals surface area contributed by atoms with Crippen molar-refractivity contribution in [2.45, 2.75) is 26.7 Å². The predicted molar refractivity (Wildman–Crippen MR) is 140 cm³/mol. The van der Waals surface area contributed by atoms with Crippen LogP contribution in [0.25, 0.3) is 31.3 Å². The molecule has 0 aliphatic heterocycles. The zero-order valence-electron chi connectivity index (χ0n) is 19.0. The molecule has 0 aliphatic rings. The van der Waals surface area contributed by atoms with Crippen molar-refractivity contribution < 1.29 is 27.2 Å². The lowest BCUT2D eigenvalue weighted by atomic mass is 9.97. The Morgan fingerprint density at radius 1 is 0.647 bits per heavy atom. The fraction of sp³-hybridized carbons (Fsp3) is 0.333. The average molecular weight is 537 g/mol. The minimum absolute atomic E-state index is 0.310. The zero-order valence-corrected chi connectivity index (χ0v) is 22.4. The topological polar surface area (TPSA) is 71.1 Å². The van der Waals surface area contributed by atoms with Crippen molar-refractivity contribution in [2.24, 2.45) is 0 Å². The van der Waals surface area contributed by atoms with Gasteiger partial charge >= 0.3 is 16.5 Å². The molecule has 2 aromatic carbocycles. The van der Waals surface area contributed by atoms with E-state index in [1.54, 1.807) is 36.5 Å². The molecule has 34 heavy (non-hydrogen) atoms. The SMILES string of the molecule is CCO[P+](=O)OCCc1sc2ccccc2c1-c1c(CCO[P+](=O)OCC)sc2ccccc12. The summed E-state index contributed by atoms with van der Waals surface area (Å²) in [6, 6.07) is 16.7. The van der Waals surface area contributed by atoms with Gasteiger partial charge in [-0.2, -0.15) is 0 Å². The molecule has 2 atom stereocenters. The fourth-order valence-electron chi connectivity index (χ4n) is 3.80. The highest BCUT2D eigenvalue weighted by molar-refractivity contribution is 7.33. The van der Waals surface area contributed by atoms with Crippen LogP contribution in [-0.4, -0.2) is 26.4 Å². The number of rotatable bonds is 13. The first-order chi connectivity index (χ1) is 16.6. The molecule has 0 saturated heterocycles. The molecule has 4 rings (SSSR count). The molecule has 178 valence electrons. The number of fused-ring (bicyclic) bond motifs is 2. The second-order valence-corrected chi connectivity index (χ2v) is 11.4. The zero-order chi connectivity index (χ0) is 23.9. The Balaban J connectivity index is 1.72. The molecule has 2 unspecified atom stereocenters. The van der Waals surface area contributed by atoms with Crippen molar-refractivity contribution in [2.75, 3.05) is 26.4 Å². The van der Waals surface area contributed by atoms with Crippen molar-refractivity contribution in [1.82, 2.24) is 0 Å². The van der Waals surface area contributed by atoms with Gasteiger partial charge in [0.1, 0.15) is 26.4 Å². The third-order valence-corrected chi connectivity index (χ3v) is 9.29. The van der Waals surface area contributed by atoms with Crippen molar-refractivity contribution in [3.8, 4) is 11.1 Å². The lowest BCUT2D eigenvalue weighted by Crippen LogP contribution is -1.97. The lowest BCUT2D eigenvalue weighted by Gasteiger charge is -2.07. The summed E-state index contributed by atoms with van der Waals surface area (Å²) >= 11 is 3.46. The van der Waals surface area contributed by atoms with Crippen LogP contribution in [0.15, 0.2) is 48.5 Å². The third kappa shape index (κ3) is 5.96. The van der Waals surface area contributed by atoms with E-state index < -0.39 is 16.5 Å². The smallest absolute Gasteiger partial charge is 0.140 e. The molecule has 0 N–H and O–H groups in total. The van der Waals surface area contributed by atoms with Gasteiger partial charge < -0.3 is 0 Å². The van der Waals surface area contributed by atoms with Crippen LogP contribution < -0.4 is 0 Å². The Hall–Kier alpha value is -1.60. The molecule has 0 amide bonds. The van der Waals surface area contributed by atoms with E-state index in [0.717, 1.165) is 0 Å². The highest BCUT2D eigenvalue weighted by atomic mass is 32.1. The average Bonchev–Trinajstić information content (AvgIpc) is 3.36. The second kappa shape index (κ2) is 12.4. The molecule has 0 radical (unpaired) electrons. The molecule has 0 bridgehead atoms. The monoisotopic (exact) mass is 536 g/mol. The largest absolute Gasteiger partial charge is 0.697 e. The van der Waals surface area contributed by atoms with Crippen molar-refractivity contribution in [3.05, 3.63) is 58.3 Å². The maximum absolute atomic E-state index is 11.8. The molecule has 0 saturated carbocycles. The van der Waals surface area contributed by atoms with Gasteiger partial charge in [0.05, 0.1) is 0 Å². The summed E-state index contributed by atoms with van der Waals surface area (Å²) in [5, 5.41) is 2.37. The minimum atomic E-state index is -2.11. The van der Waals surface area contributed by atoms with Gasteiger partial charge in [0.15, 0.2) is 0 Å². The van der Waals surface area contributed by atoms with E-state index in [1.165, 1.54) is 41.1 Å². The number of hydrogen-bond donors (Lipinski definition) is 0. The van der Waals surface area contributed by atoms with Gasteiger partial charge in [-0.25, -0.2) is 0 Å². The molecule has 10 heteroatoms. The van der Waals surface area contributed by atoms with E-state index in [4.69, 9.17) is 18.1 Å². The summed E-state index contributed by atoms with van der Waals surface area (Å²) in [6.07, 6.45) is 1.25. The van der Waals surface area contributed by atoms with Crippen molar-refractivity contribution in [1.29, 1.82) is 0 Å². The molecule has 0 spiro atoms. The summed E-state index contributed by atoms with van der Waals surface area (Å²) in [5.41, 5.74) is 2.36. The van der Waals surface area contributed by atoms with Crippen LogP contribution >= 0.6 is 39.2 Å². The van der Waals surface area contributed by atoms with E-state index >= 15 is 0 Å². The van der Waals surface area contributed by atoms with E-state index in [1.807, 2.05) is 12.1 Å². The van der Waals surface area contributed by atoms with E-state index in [9.17, 15) is 9.13 Å². The molecule has 2 aromatic heterocycles. The summed E-state index contributed by atoms with van der Waals surface area (Å²) in [7, 11) is -4.21. The highest BCUT2D eigenvalue weighted by Gasteiger charge is 2.25. The third-order valence-electron chi connectivity index (χ3n) is 5.11. The van der Waals surface area contributed by atoms with Crippen LogP contribution in [0.5, 0.6) is 0 Å². The Bertz CT molecular complexity index is 1200. The van der Waals surface area contributed by atoms with Gasteiger partial charge in [-0.1, -0.05) is 36.4 Å². The van der Waals surface area contributed by atoms with Gasteiger partial charge in [0.25, 0.3) is 0 Å². The summed E-state index contributed by atoms with van der Waals surface area (Å²) < 4.78 is 47.0. The molecule has 0 aliphatic carbocycles. The van der Waals surface area contributed by atoms with Crippen LogP contribution in [0.1, 0.15) is 23.6 Å². The Labute approximate surface area is 208 Å². The molecular formula is C24H26O6P2S2+2. The quantitative estimate of drug-likeness (QED) is 0.160. The van der Waals surface area contributed by atoms with Crippen LogP contribution in [0.3, 0.4) is 0 Å².